The molecule has 25 heavy (non-hydrogen) atoms. The Hall–Kier alpha value is -1.94. The number of hydrogen-bond donors (Lipinski definition) is 1. The predicted molar refractivity (Wildman–Crippen MR) is 99.8 cm³/mol. The Morgan fingerprint density at radius 1 is 0.880 bits per heavy atom. The smallest absolute Gasteiger partial charge is 0.335 e. The summed E-state index contributed by atoms with van der Waals surface area (Å²) in [6.45, 7) is 9.02. The summed E-state index contributed by atoms with van der Waals surface area (Å²) in [7, 11) is -1.32. The molecule has 0 spiro atoms. The van der Waals surface area contributed by atoms with Crippen LogP contribution in [0.25, 0.3) is 0 Å². The second kappa shape index (κ2) is 6.10. The molecular formula is C21H24O3S. The lowest BCUT2D eigenvalue weighted by Gasteiger charge is -2.42. The van der Waals surface area contributed by atoms with Gasteiger partial charge >= 0.3 is 5.97 Å². The molecular weight excluding hydrogens is 332 g/mol. The molecule has 2 aromatic rings. The highest BCUT2D eigenvalue weighted by molar-refractivity contribution is 7.85. The fourth-order valence-electron chi connectivity index (χ4n) is 3.54. The monoisotopic (exact) mass is 356 g/mol. The number of rotatable bonds is 3. The second-order valence-electron chi connectivity index (χ2n) is 8.07. The Balaban J connectivity index is 2.01. The number of carboxylic acids is 1. The van der Waals surface area contributed by atoms with Gasteiger partial charge in [0.05, 0.1) is 16.4 Å². The molecule has 1 N–H and O–H groups in total. The topological polar surface area (TPSA) is 54.4 Å². The van der Waals surface area contributed by atoms with Crippen LogP contribution in [0.3, 0.4) is 0 Å². The lowest BCUT2D eigenvalue weighted by molar-refractivity contribution is 0.0697. The van der Waals surface area contributed by atoms with Crippen LogP contribution in [-0.2, 0) is 21.6 Å². The SMILES string of the molecule is CC1(C)CCC(C)(C)c2cc(S(=O)c3ccc(C(=O)O)cc3)ccc21. The van der Waals surface area contributed by atoms with E-state index in [0.29, 0.717) is 4.90 Å². The van der Waals surface area contributed by atoms with Crippen molar-refractivity contribution in [2.75, 3.05) is 0 Å². The van der Waals surface area contributed by atoms with Crippen LogP contribution in [0.2, 0.25) is 0 Å². The molecule has 0 saturated heterocycles. The molecule has 1 atom stereocenters. The van der Waals surface area contributed by atoms with Gasteiger partial charge in [-0.2, -0.15) is 0 Å². The summed E-state index contributed by atoms with van der Waals surface area (Å²) in [4.78, 5) is 12.4. The maximum atomic E-state index is 12.9. The zero-order chi connectivity index (χ0) is 18.4. The summed E-state index contributed by atoms with van der Waals surface area (Å²) in [5.74, 6) is -0.977. The molecule has 0 saturated carbocycles. The van der Waals surface area contributed by atoms with Crippen LogP contribution in [0, 0.1) is 0 Å². The lowest BCUT2D eigenvalue weighted by atomic mass is 9.63. The van der Waals surface area contributed by atoms with Crippen molar-refractivity contribution in [2.45, 2.75) is 61.2 Å². The fraction of sp³-hybridized carbons (Fsp3) is 0.381. The van der Waals surface area contributed by atoms with E-state index < -0.39 is 16.8 Å². The summed E-state index contributed by atoms with van der Waals surface area (Å²) in [6, 6.07) is 12.4. The number of fused-ring (bicyclic) bond motifs is 1. The molecule has 3 nitrogen and oxygen atoms in total. The van der Waals surface area contributed by atoms with Crippen molar-refractivity contribution in [1.82, 2.24) is 0 Å². The van der Waals surface area contributed by atoms with E-state index in [2.05, 4.69) is 39.8 Å². The number of carboxylic acid groups (broad SMARTS) is 1. The number of carbonyl (C=O) groups is 1. The van der Waals surface area contributed by atoms with Crippen LogP contribution in [-0.4, -0.2) is 15.3 Å². The molecule has 0 heterocycles. The first kappa shape index (κ1) is 17.9. The predicted octanol–water partition coefficient (Wildman–Crippen LogP) is 4.90. The molecule has 0 aliphatic heterocycles. The molecule has 0 fully saturated rings. The van der Waals surface area contributed by atoms with Crippen LogP contribution in [0.4, 0.5) is 0 Å². The molecule has 1 unspecified atom stereocenters. The van der Waals surface area contributed by atoms with E-state index in [4.69, 9.17) is 5.11 Å². The van der Waals surface area contributed by atoms with Gasteiger partial charge in [0.1, 0.15) is 0 Å². The number of hydrogen-bond acceptors (Lipinski definition) is 2. The summed E-state index contributed by atoms with van der Waals surface area (Å²) in [6.07, 6.45) is 2.25. The van der Waals surface area contributed by atoms with Gasteiger partial charge < -0.3 is 5.11 Å². The fourth-order valence-corrected chi connectivity index (χ4v) is 4.61. The Labute approximate surface area is 151 Å². The molecule has 132 valence electrons. The second-order valence-corrected chi connectivity index (χ2v) is 9.55. The van der Waals surface area contributed by atoms with Crippen molar-refractivity contribution < 1.29 is 14.1 Å². The van der Waals surface area contributed by atoms with Crippen LogP contribution < -0.4 is 0 Å². The standard InChI is InChI=1S/C21H24O3S/c1-20(2)11-12-21(3,4)18-13-16(9-10-17(18)20)25(24)15-7-5-14(6-8-15)19(22)23/h5-10,13H,11-12H2,1-4H3,(H,22,23). The maximum absolute atomic E-state index is 12.9. The van der Waals surface area contributed by atoms with E-state index in [1.54, 1.807) is 12.1 Å². The summed E-state index contributed by atoms with van der Waals surface area (Å²) < 4.78 is 12.9. The highest BCUT2D eigenvalue weighted by atomic mass is 32.2. The Kier molecular flexibility index (Phi) is 4.36. The van der Waals surface area contributed by atoms with Gasteiger partial charge in [-0.15, -0.1) is 0 Å². The largest absolute Gasteiger partial charge is 0.478 e. The third kappa shape index (κ3) is 3.28. The van der Waals surface area contributed by atoms with Crippen molar-refractivity contribution in [1.29, 1.82) is 0 Å². The minimum atomic E-state index is -1.32. The summed E-state index contributed by atoms with van der Waals surface area (Å²) in [5, 5.41) is 8.99. The minimum absolute atomic E-state index is 0.0677. The average molecular weight is 356 g/mol. The summed E-state index contributed by atoms with van der Waals surface area (Å²) >= 11 is 0. The van der Waals surface area contributed by atoms with Crippen LogP contribution in [0.15, 0.2) is 52.3 Å². The number of benzene rings is 2. The quantitative estimate of drug-likeness (QED) is 0.851. The summed E-state index contributed by atoms with van der Waals surface area (Å²) in [5.41, 5.74) is 3.02. The third-order valence-corrected chi connectivity index (χ3v) is 6.74. The van der Waals surface area contributed by atoms with E-state index in [0.717, 1.165) is 17.7 Å². The molecule has 0 radical (unpaired) electrons. The van der Waals surface area contributed by atoms with E-state index in [-0.39, 0.29) is 16.4 Å². The minimum Gasteiger partial charge on any atom is -0.478 e. The van der Waals surface area contributed by atoms with Crippen molar-refractivity contribution >= 4 is 16.8 Å². The van der Waals surface area contributed by atoms with Gasteiger partial charge in [-0.1, -0.05) is 33.8 Å². The van der Waals surface area contributed by atoms with E-state index >= 15 is 0 Å². The molecule has 0 bridgehead atoms. The number of aromatic carboxylic acids is 1. The average Bonchev–Trinajstić information content (AvgIpc) is 2.58. The molecule has 3 rings (SSSR count). The van der Waals surface area contributed by atoms with Gasteiger partial charge in [0.25, 0.3) is 0 Å². The van der Waals surface area contributed by atoms with Crippen molar-refractivity contribution in [3.8, 4) is 0 Å². The first-order valence-corrected chi connectivity index (χ1v) is 9.67. The van der Waals surface area contributed by atoms with Gasteiger partial charge in [0.2, 0.25) is 0 Å². The van der Waals surface area contributed by atoms with Crippen molar-refractivity contribution in [2.24, 2.45) is 0 Å². The van der Waals surface area contributed by atoms with Gasteiger partial charge in [-0.25, -0.2) is 9.00 Å². The van der Waals surface area contributed by atoms with Crippen LogP contribution in [0.5, 0.6) is 0 Å². The van der Waals surface area contributed by atoms with E-state index in [1.165, 1.54) is 23.3 Å². The zero-order valence-electron chi connectivity index (χ0n) is 15.1. The third-order valence-electron chi connectivity index (χ3n) is 5.35. The van der Waals surface area contributed by atoms with E-state index in [1.807, 2.05) is 6.07 Å². The van der Waals surface area contributed by atoms with E-state index in [9.17, 15) is 9.00 Å². The highest BCUT2D eigenvalue weighted by Crippen LogP contribution is 2.46. The van der Waals surface area contributed by atoms with Crippen LogP contribution in [0.1, 0.15) is 62.0 Å². The van der Waals surface area contributed by atoms with Gasteiger partial charge in [-0.05, 0) is 71.2 Å². The first-order valence-electron chi connectivity index (χ1n) is 8.52. The zero-order valence-corrected chi connectivity index (χ0v) is 15.9. The molecule has 0 aromatic heterocycles. The molecule has 2 aromatic carbocycles. The van der Waals surface area contributed by atoms with Crippen molar-refractivity contribution in [3.05, 3.63) is 59.2 Å². The first-order chi connectivity index (χ1) is 11.6. The lowest BCUT2D eigenvalue weighted by Crippen LogP contribution is -2.33. The Morgan fingerprint density at radius 3 is 1.96 bits per heavy atom. The van der Waals surface area contributed by atoms with Gasteiger partial charge in [-0.3, -0.25) is 0 Å². The van der Waals surface area contributed by atoms with Crippen LogP contribution >= 0.6 is 0 Å². The van der Waals surface area contributed by atoms with Crippen molar-refractivity contribution in [3.63, 3.8) is 0 Å². The molecule has 1 aliphatic carbocycles. The Morgan fingerprint density at radius 2 is 1.40 bits per heavy atom. The molecule has 1 aliphatic rings. The Bertz CT molecular complexity index is 848. The maximum Gasteiger partial charge on any atom is 0.335 e. The van der Waals surface area contributed by atoms with Gasteiger partial charge in [0, 0.05) is 9.79 Å². The normalized spacial score (nSPS) is 19.0. The highest BCUT2D eigenvalue weighted by Gasteiger charge is 2.37. The van der Waals surface area contributed by atoms with Gasteiger partial charge in [0.15, 0.2) is 0 Å². The molecule has 0 amide bonds. The molecule has 4 heteroatoms.